The van der Waals surface area contributed by atoms with Gasteiger partial charge in [-0.2, -0.15) is 0 Å². The number of pyridine rings is 1. The second-order valence-corrected chi connectivity index (χ2v) is 6.67. The molecule has 4 rings (SSSR count). The van der Waals surface area contributed by atoms with Crippen molar-refractivity contribution in [1.82, 2.24) is 14.5 Å². The van der Waals surface area contributed by atoms with Gasteiger partial charge in [0, 0.05) is 50.3 Å². The highest BCUT2D eigenvalue weighted by molar-refractivity contribution is 5.54. The summed E-state index contributed by atoms with van der Waals surface area (Å²) < 4.78 is 1.08. The third-order valence-electron chi connectivity index (χ3n) is 4.89. The third kappa shape index (κ3) is 2.81. The van der Waals surface area contributed by atoms with Crippen LogP contribution in [0.15, 0.2) is 34.1 Å². The Labute approximate surface area is 139 Å². The molecule has 7 heteroatoms. The van der Waals surface area contributed by atoms with E-state index < -0.39 is 0 Å². The van der Waals surface area contributed by atoms with Crippen LogP contribution in [0.1, 0.15) is 30.7 Å². The molecule has 0 aromatic carbocycles. The first kappa shape index (κ1) is 15.0. The highest BCUT2D eigenvalue weighted by Crippen LogP contribution is 2.43. The number of H-pyrrole nitrogens is 1. The number of aromatic nitrogens is 3. The van der Waals surface area contributed by atoms with E-state index in [0.717, 1.165) is 29.8 Å². The van der Waals surface area contributed by atoms with Crippen molar-refractivity contribution in [2.45, 2.75) is 31.2 Å². The van der Waals surface area contributed by atoms with E-state index in [9.17, 15) is 9.59 Å². The summed E-state index contributed by atoms with van der Waals surface area (Å²) in [6.45, 7) is 1.57. The molecule has 0 spiro atoms. The van der Waals surface area contributed by atoms with Gasteiger partial charge in [-0.05, 0) is 36.8 Å². The van der Waals surface area contributed by atoms with Crippen molar-refractivity contribution in [2.75, 3.05) is 23.3 Å². The largest absolute Gasteiger partial charge is 0.380 e. The van der Waals surface area contributed by atoms with Crippen LogP contribution >= 0.6 is 0 Å². The SMILES string of the molecule is Cn1c(=O)cc(N2CC[C@@H](Nc3ccncc3C3CC3)C2)[nH]c1=O. The van der Waals surface area contributed by atoms with Gasteiger partial charge in [0.2, 0.25) is 0 Å². The van der Waals surface area contributed by atoms with Gasteiger partial charge in [0.25, 0.3) is 5.56 Å². The van der Waals surface area contributed by atoms with E-state index in [1.165, 1.54) is 31.5 Å². The lowest BCUT2D eigenvalue weighted by atomic mass is 10.1. The Morgan fingerprint density at radius 3 is 2.88 bits per heavy atom. The van der Waals surface area contributed by atoms with Gasteiger partial charge in [-0.1, -0.05) is 0 Å². The summed E-state index contributed by atoms with van der Waals surface area (Å²) in [4.78, 5) is 32.7. The van der Waals surface area contributed by atoms with Crippen molar-refractivity contribution in [1.29, 1.82) is 0 Å². The van der Waals surface area contributed by atoms with E-state index in [2.05, 4.69) is 20.2 Å². The van der Waals surface area contributed by atoms with E-state index in [1.54, 1.807) is 0 Å². The Balaban J connectivity index is 1.49. The highest BCUT2D eigenvalue weighted by atomic mass is 16.2. The second-order valence-electron chi connectivity index (χ2n) is 6.67. The van der Waals surface area contributed by atoms with Crippen molar-refractivity contribution < 1.29 is 0 Å². The first-order valence-corrected chi connectivity index (χ1v) is 8.37. The fraction of sp³-hybridized carbons (Fsp3) is 0.471. The number of hydrogen-bond donors (Lipinski definition) is 2. The van der Waals surface area contributed by atoms with E-state index in [-0.39, 0.29) is 17.3 Å². The van der Waals surface area contributed by atoms with Gasteiger partial charge in [-0.25, -0.2) is 4.79 Å². The summed E-state index contributed by atoms with van der Waals surface area (Å²) in [5.74, 6) is 1.25. The van der Waals surface area contributed by atoms with Gasteiger partial charge in [-0.3, -0.25) is 19.3 Å². The average Bonchev–Trinajstić information content (AvgIpc) is 3.32. The number of hydrogen-bond acceptors (Lipinski definition) is 5. The van der Waals surface area contributed by atoms with Crippen molar-refractivity contribution >= 4 is 11.5 Å². The molecule has 1 aliphatic heterocycles. The van der Waals surface area contributed by atoms with E-state index in [1.807, 2.05) is 18.5 Å². The minimum absolute atomic E-state index is 0.282. The molecular weight excluding hydrogens is 306 g/mol. The Morgan fingerprint density at radius 2 is 2.12 bits per heavy atom. The Hall–Kier alpha value is -2.57. The average molecular weight is 327 g/mol. The molecule has 1 saturated heterocycles. The van der Waals surface area contributed by atoms with Crippen LogP contribution in [0.5, 0.6) is 0 Å². The van der Waals surface area contributed by atoms with Crippen LogP contribution in [0.25, 0.3) is 0 Å². The molecule has 2 aromatic rings. The van der Waals surface area contributed by atoms with Gasteiger partial charge in [0.1, 0.15) is 5.82 Å². The molecule has 7 nitrogen and oxygen atoms in total. The lowest BCUT2D eigenvalue weighted by molar-refractivity contribution is 0.761. The summed E-state index contributed by atoms with van der Waals surface area (Å²) in [5.41, 5.74) is 1.81. The van der Waals surface area contributed by atoms with Crippen LogP contribution in [-0.4, -0.2) is 33.7 Å². The summed E-state index contributed by atoms with van der Waals surface area (Å²) in [5, 5.41) is 3.61. The molecule has 1 aliphatic carbocycles. The fourth-order valence-corrected chi connectivity index (χ4v) is 3.29. The number of aromatic amines is 1. The lowest BCUT2D eigenvalue weighted by Crippen LogP contribution is -2.35. The minimum atomic E-state index is -0.376. The van der Waals surface area contributed by atoms with E-state index in [0.29, 0.717) is 11.7 Å². The smallest absolute Gasteiger partial charge is 0.329 e. The van der Waals surface area contributed by atoms with Gasteiger partial charge < -0.3 is 10.2 Å². The molecule has 0 radical (unpaired) electrons. The number of nitrogens with one attached hydrogen (secondary N) is 2. The minimum Gasteiger partial charge on any atom is -0.380 e. The maximum atomic E-state index is 11.8. The topological polar surface area (TPSA) is 83.0 Å². The Bertz CT molecular complexity index is 837. The van der Waals surface area contributed by atoms with Crippen LogP contribution in [0, 0.1) is 0 Å². The summed E-state index contributed by atoms with van der Waals surface area (Å²) in [6.07, 6.45) is 7.23. The molecule has 24 heavy (non-hydrogen) atoms. The molecule has 2 N–H and O–H groups in total. The molecule has 2 aliphatic rings. The van der Waals surface area contributed by atoms with Gasteiger partial charge >= 0.3 is 5.69 Å². The van der Waals surface area contributed by atoms with Crippen LogP contribution < -0.4 is 21.5 Å². The standard InChI is InChI=1S/C17H21N5O2/c1-21-16(23)8-15(20-17(21)24)22-7-5-12(10-22)19-14-4-6-18-9-13(14)11-2-3-11/h4,6,8-9,11-12H,2-3,5,7,10H2,1H3,(H,18,19)(H,20,24)/t12-/m1/s1. The van der Waals surface area contributed by atoms with Crippen molar-refractivity contribution in [3.8, 4) is 0 Å². The first-order valence-electron chi connectivity index (χ1n) is 8.37. The molecule has 0 amide bonds. The van der Waals surface area contributed by atoms with Gasteiger partial charge in [-0.15, -0.1) is 0 Å². The predicted octanol–water partition coefficient (Wildman–Crippen LogP) is 1.04. The molecule has 0 unspecified atom stereocenters. The maximum absolute atomic E-state index is 11.8. The van der Waals surface area contributed by atoms with Gasteiger partial charge in [0.05, 0.1) is 0 Å². The molecule has 0 bridgehead atoms. The quantitative estimate of drug-likeness (QED) is 0.877. The third-order valence-corrected chi connectivity index (χ3v) is 4.89. The molecule has 3 heterocycles. The van der Waals surface area contributed by atoms with Gasteiger partial charge in [0.15, 0.2) is 0 Å². The van der Waals surface area contributed by atoms with Crippen LogP contribution in [0.4, 0.5) is 11.5 Å². The molecule has 126 valence electrons. The van der Waals surface area contributed by atoms with Crippen molar-refractivity contribution in [2.24, 2.45) is 7.05 Å². The summed E-state index contributed by atoms with van der Waals surface area (Å²) >= 11 is 0. The molecule has 2 fully saturated rings. The van der Waals surface area contributed by atoms with Crippen LogP contribution in [0.2, 0.25) is 0 Å². The molecule has 1 atom stereocenters. The van der Waals surface area contributed by atoms with Crippen LogP contribution in [-0.2, 0) is 7.05 Å². The number of anilines is 2. The fourth-order valence-electron chi connectivity index (χ4n) is 3.29. The lowest BCUT2D eigenvalue weighted by Gasteiger charge is -2.20. The zero-order valence-electron chi connectivity index (χ0n) is 13.7. The zero-order chi connectivity index (χ0) is 16.7. The van der Waals surface area contributed by atoms with E-state index >= 15 is 0 Å². The highest BCUT2D eigenvalue weighted by Gasteiger charge is 2.29. The number of rotatable bonds is 4. The van der Waals surface area contributed by atoms with Crippen LogP contribution in [0.3, 0.4) is 0 Å². The molecule has 2 aromatic heterocycles. The Morgan fingerprint density at radius 1 is 1.29 bits per heavy atom. The number of nitrogens with zero attached hydrogens (tertiary/aromatic N) is 3. The monoisotopic (exact) mass is 327 g/mol. The maximum Gasteiger partial charge on any atom is 0.329 e. The second kappa shape index (κ2) is 5.81. The van der Waals surface area contributed by atoms with Crippen molar-refractivity contribution in [3.63, 3.8) is 0 Å². The molecule has 1 saturated carbocycles. The molecular formula is C17H21N5O2. The summed E-state index contributed by atoms with van der Waals surface area (Å²) in [7, 11) is 1.47. The first-order chi connectivity index (χ1) is 11.6. The summed E-state index contributed by atoms with van der Waals surface area (Å²) in [6, 6.07) is 3.82. The van der Waals surface area contributed by atoms with E-state index in [4.69, 9.17) is 0 Å². The van der Waals surface area contributed by atoms with Crippen molar-refractivity contribution in [3.05, 3.63) is 50.9 Å². The predicted molar refractivity (Wildman–Crippen MR) is 92.8 cm³/mol. The Kier molecular flexibility index (Phi) is 3.63. The normalized spacial score (nSPS) is 20.4. The zero-order valence-corrected chi connectivity index (χ0v) is 13.7.